The Morgan fingerprint density at radius 1 is 1.19 bits per heavy atom. The number of hydrogen-bond acceptors (Lipinski definition) is 3. The summed E-state index contributed by atoms with van der Waals surface area (Å²) in [6.07, 6.45) is 3.89. The third-order valence-corrected chi connectivity index (χ3v) is 5.71. The van der Waals surface area contributed by atoms with E-state index in [4.69, 9.17) is 0 Å². The molecule has 0 bridgehead atoms. The highest BCUT2D eigenvalue weighted by Crippen LogP contribution is 2.35. The van der Waals surface area contributed by atoms with E-state index in [1.165, 1.54) is 36.1 Å². The maximum Gasteiger partial charge on any atom is 0.0525 e. The Bertz CT molecular complexity index is 612. The molecule has 1 aromatic carbocycles. The van der Waals surface area contributed by atoms with Crippen LogP contribution in [0.2, 0.25) is 0 Å². The molecule has 2 heterocycles. The minimum Gasteiger partial charge on any atom is -0.364 e. The van der Waals surface area contributed by atoms with Crippen LogP contribution in [0.25, 0.3) is 0 Å². The second-order valence-electron chi connectivity index (χ2n) is 6.24. The first-order valence-corrected chi connectivity index (χ1v) is 8.84. The average Bonchev–Trinajstić information content (AvgIpc) is 3.21. The van der Waals surface area contributed by atoms with Gasteiger partial charge in [0.15, 0.2) is 0 Å². The molecule has 1 N–H and O–H groups in total. The van der Waals surface area contributed by atoms with Gasteiger partial charge >= 0.3 is 0 Å². The maximum absolute atomic E-state index is 3.58. The predicted octanol–water partition coefficient (Wildman–Crippen LogP) is 4.12. The van der Waals surface area contributed by atoms with Crippen LogP contribution in [0.4, 0.5) is 5.69 Å². The summed E-state index contributed by atoms with van der Waals surface area (Å²) in [6, 6.07) is 12.7. The van der Waals surface area contributed by atoms with E-state index in [2.05, 4.69) is 52.9 Å². The Morgan fingerprint density at radius 2 is 2.00 bits per heavy atom. The van der Waals surface area contributed by atoms with Gasteiger partial charge in [-0.3, -0.25) is 0 Å². The molecule has 110 valence electrons. The molecule has 2 aliphatic rings. The highest BCUT2D eigenvalue weighted by molar-refractivity contribution is 7.10. The monoisotopic (exact) mass is 298 g/mol. The Labute approximate surface area is 130 Å². The topological polar surface area (TPSA) is 15.3 Å². The van der Waals surface area contributed by atoms with Crippen molar-refractivity contribution < 1.29 is 0 Å². The lowest BCUT2D eigenvalue weighted by Gasteiger charge is -2.35. The highest BCUT2D eigenvalue weighted by atomic mass is 32.1. The predicted molar refractivity (Wildman–Crippen MR) is 90.1 cm³/mol. The summed E-state index contributed by atoms with van der Waals surface area (Å²) in [7, 11) is 0. The molecule has 1 saturated carbocycles. The van der Waals surface area contributed by atoms with Gasteiger partial charge in [0.2, 0.25) is 0 Å². The molecule has 1 aliphatic carbocycles. The number of hydrogen-bond donors (Lipinski definition) is 1. The van der Waals surface area contributed by atoms with Gasteiger partial charge in [-0.15, -0.1) is 11.3 Å². The van der Waals surface area contributed by atoms with Crippen molar-refractivity contribution in [3.63, 3.8) is 0 Å². The van der Waals surface area contributed by atoms with Crippen molar-refractivity contribution in [1.29, 1.82) is 0 Å². The fourth-order valence-electron chi connectivity index (χ4n) is 3.22. The zero-order chi connectivity index (χ0) is 14.2. The third kappa shape index (κ3) is 2.72. The van der Waals surface area contributed by atoms with Gasteiger partial charge in [-0.05, 0) is 60.9 Å². The molecule has 2 aromatic rings. The molecule has 0 amide bonds. The van der Waals surface area contributed by atoms with Crippen molar-refractivity contribution in [1.82, 2.24) is 5.32 Å². The van der Waals surface area contributed by atoms with E-state index < -0.39 is 0 Å². The van der Waals surface area contributed by atoms with Crippen LogP contribution >= 0.6 is 11.3 Å². The zero-order valence-corrected chi connectivity index (χ0v) is 13.3. The second-order valence-corrected chi connectivity index (χ2v) is 7.24. The largest absolute Gasteiger partial charge is 0.364 e. The quantitative estimate of drug-likeness (QED) is 0.913. The molecule has 0 radical (unpaired) electrons. The molecule has 1 fully saturated rings. The molecule has 3 heteroatoms. The van der Waals surface area contributed by atoms with Gasteiger partial charge in [0, 0.05) is 29.7 Å². The number of thiophene rings is 1. The summed E-state index contributed by atoms with van der Waals surface area (Å²) in [5.41, 5.74) is 4.27. The van der Waals surface area contributed by atoms with Crippen LogP contribution in [0.5, 0.6) is 0 Å². The number of nitrogens with zero attached hydrogens (tertiary/aromatic N) is 1. The molecule has 1 aliphatic heterocycles. The first-order chi connectivity index (χ1) is 10.3. The standard InChI is InChI=1S/C18H22N2S/c1-13-17-9-11-21-18(17)8-10-20(13)16-6-2-14(3-7-16)12-19-15-4-5-15/h2-3,6-7,9,11,13,15,19H,4-5,8,10,12H2,1H3. The smallest absolute Gasteiger partial charge is 0.0525 e. The normalized spacial score (nSPS) is 21.4. The number of benzene rings is 1. The van der Waals surface area contributed by atoms with E-state index in [0.717, 1.165) is 19.1 Å². The Kier molecular flexibility index (Phi) is 3.48. The Balaban J connectivity index is 1.48. The van der Waals surface area contributed by atoms with Gasteiger partial charge < -0.3 is 10.2 Å². The molecule has 0 saturated heterocycles. The van der Waals surface area contributed by atoms with Crippen LogP contribution in [0.1, 0.15) is 41.8 Å². The fourth-order valence-corrected chi connectivity index (χ4v) is 4.18. The van der Waals surface area contributed by atoms with E-state index in [-0.39, 0.29) is 0 Å². The molecule has 2 nitrogen and oxygen atoms in total. The molecule has 21 heavy (non-hydrogen) atoms. The molecule has 1 atom stereocenters. The second kappa shape index (κ2) is 5.47. The van der Waals surface area contributed by atoms with Crippen LogP contribution in [0.3, 0.4) is 0 Å². The van der Waals surface area contributed by atoms with Crippen molar-refractivity contribution in [3.05, 3.63) is 51.7 Å². The lowest BCUT2D eigenvalue weighted by atomic mass is 10.0. The van der Waals surface area contributed by atoms with E-state index in [0.29, 0.717) is 6.04 Å². The number of rotatable bonds is 4. The van der Waals surface area contributed by atoms with Crippen molar-refractivity contribution in [3.8, 4) is 0 Å². The van der Waals surface area contributed by atoms with E-state index in [9.17, 15) is 0 Å². The minimum atomic E-state index is 0.496. The lowest BCUT2D eigenvalue weighted by Crippen LogP contribution is -2.33. The minimum absolute atomic E-state index is 0.496. The van der Waals surface area contributed by atoms with E-state index in [1.807, 2.05) is 11.3 Å². The Hall–Kier alpha value is -1.32. The average molecular weight is 298 g/mol. The van der Waals surface area contributed by atoms with Crippen LogP contribution in [-0.2, 0) is 13.0 Å². The van der Waals surface area contributed by atoms with Gasteiger partial charge in [0.1, 0.15) is 0 Å². The van der Waals surface area contributed by atoms with Gasteiger partial charge in [-0.25, -0.2) is 0 Å². The van der Waals surface area contributed by atoms with Gasteiger partial charge in [-0.2, -0.15) is 0 Å². The van der Waals surface area contributed by atoms with Crippen molar-refractivity contribution in [2.75, 3.05) is 11.4 Å². The Morgan fingerprint density at radius 3 is 2.76 bits per heavy atom. The molecule has 1 unspecified atom stereocenters. The van der Waals surface area contributed by atoms with Crippen LogP contribution in [0.15, 0.2) is 35.7 Å². The summed E-state index contributed by atoms with van der Waals surface area (Å²) in [5.74, 6) is 0. The van der Waals surface area contributed by atoms with Crippen molar-refractivity contribution in [2.45, 2.75) is 44.8 Å². The van der Waals surface area contributed by atoms with Crippen molar-refractivity contribution in [2.24, 2.45) is 0 Å². The third-order valence-electron chi connectivity index (χ3n) is 4.72. The van der Waals surface area contributed by atoms with Gasteiger partial charge in [0.25, 0.3) is 0 Å². The molecular formula is C18H22N2S. The summed E-state index contributed by atoms with van der Waals surface area (Å²) < 4.78 is 0. The molecule has 0 spiro atoms. The lowest BCUT2D eigenvalue weighted by molar-refractivity contribution is 0.632. The first kappa shape index (κ1) is 13.4. The molecule has 4 rings (SSSR count). The van der Waals surface area contributed by atoms with Crippen LogP contribution in [-0.4, -0.2) is 12.6 Å². The number of nitrogens with one attached hydrogen (secondary N) is 1. The first-order valence-electron chi connectivity index (χ1n) is 7.96. The number of fused-ring (bicyclic) bond motifs is 1. The summed E-state index contributed by atoms with van der Waals surface area (Å²) in [4.78, 5) is 4.11. The molecule has 1 aromatic heterocycles. The summed E-state index contributed by atoms with van der Waals surface area (Å²) in [6.45, 7) is 4.47. The van der Waals surface area contributed by atoms with E-state index >= 15 is 0 Å². The fraction of sp³-hybridized carbons (Fsp3) is 0.444. The zero-order valence-electron chi connectivity index (χ0n) is 12.5. The number of anilines is 1. The maximum atomic E-state index is 3.58. The van der Waals surface area contributed by atoms with E-state index in [1.54, 1.807) is 4.88 Å². The summed E-state index contributed by atoms with van der Waals surface area (Å²) >= 11 is 1.91. The van der Waals surface area contributed by atoms with Crippen LogP contribution < -0.4 is 10.2 Å². The summed E-state index contributed by atoms with van der Waals surface area (Å²) in [5, 5.41) is 5.81. The van der Waals surface area contributed by atoms with Crippen molar-refractivity contribution >= 4 is 17.0 Å². The van der Waals surface area contributed by atoms with Crippen LogP contribution in [0, 0.1) is 0 Å². The van der Waals surface area contributed by atoms with Gasteiger partial charge in [0.05, 0.1) is 6.04 Å². The molecular weight excluding hydrogens is 276 g/mol. The highest BCUT2D eigenvalue weighted by Gasteiger charge is 2.25. The SMILES string of the molecule is CC1c2ccsc2CCN1c1ccc(CNC2CC2)cc1. The van der Waals surface area contributed by atoms with Gasteiger partial charge in [-0.1, -0.05) is 12.1 Å².